The fourth-order valence-corrected chi connectivity index (χ4v) is 3.62. The van der Waals surface area contributed by atoms with Gasteiger partial charge in [0.05, 0.1) is 36.3 Å². The first-order valence-corrected chi connectivity index (χ1v) is 8.44. The van der Waals surface area contributed by atoms with Gasteiger partial charge in [-0.1, -0.05) is 58.5 Å². The normalized spacial score (nSPS) is 10.7. The van der Waals surface area contributed by atoms with Crippen molar-refractivity contribution in [2.75, 3.05) is 0 Å². The molecule has 3 rings (SSSR count). The molecule has 0 radical (unpaired) electrons. The zero-order valence-corrected chi connectivity index (χ0v) is 15.4. The largest absolute Gasteiger partial charge is 0.295 e. The maximum absolute atomic E-state index is 11.4. The van der Waals surface area contributed by atoms with Gasteiger partial charge in [-0.25, -0.2) is 4.98 Å². The average molecular weight is 414 g/mol. The van der Waals surface area contributed by atoms with Crippen molar-refractivity contribution in [2.24, 2.45) is 0 Å². The number of pyridine rings is 1. The number of aromatic nitrogens is 1. The van der Waals surface area contributed by atoms with E-state index >= 15 is 0 Å². The number of benzene rings is 2. The SMILES string of the molecule is O=[N+]([O-])c1cnc(-c2c(Cl)cccc2Cl)cc1-c1c(Cl)cccc1Cl. The minimum absolute atomic E-state index is 0.220. The predicted octanol–water partition coefficient (Wildman–Crippen LogP) is 6.94. The van der Waals surface area contributed by atoms with Crippen LogP contribution in [-0.4, -0.2) is 9.91 Å². The molecule has 0 saturated heterocycles. The summed E-state index contributed by atoms with van der Waals surface area (Å²) >= 11 is 24.9. The first-order valence-electron chi connectivity index (χ1n) is 6.93. The fourth-order valence-electron chi connectivity index (χ4n) is 2.43. The molecular formula is C17H8Cl4N2O2. The predicted molar refractivity (Wildman–Crippen MR) is 102 cm³/mol. The summed E-state index contributed by atoms with van der Waals surface area (Å²) in [5.41, 5.74) is 1.23. The van der Waals surface area contributed by atoms with Crippen molar-refractivity contribution in [2.45, 2.75) is 0 Å². The highest BCUT2D eigenvalue weighted by Gasteiger charge is 2.22. The molecule has 0 aliphatic rings. The lowest BCUT2D eigenvalue weighted by Gasteiger charge is -2.11. The third-order valence-corrected chi connectivity index (χ3v) is 4.79. The average Bonchev–Trinajstić information content (AvgIpc) is 2.54. The van der Waals surface area contributed by atoms with Gasteiger partial charge in [-0.3, -0.25) is 10.1 Å². The third-order valence-electron chi connectivity index (χ3n) is 3.53. The van der Waals surface area contributed by atoms with Crippen LogP contribution < -0.4 is 0 Å². The summed E-state index contributed by atoms with van der Waals surface area (Å²) in [6.45, 7) is 0. The Bertz CT molecular complexity index is 952. The number of hydrogen-bond donors (Lipinski definition) is 0. The Kier molecular flexibility index (Phi) is 5.16. The van der Waals surface area contributed by atoms with Crippen LogP contribution in [0.15, 0.2) is 48.7 Å². The molecule has 25 heavy (non-hydrogen) atoms. The second-order valence-corrected chi connectivity index (χ2v) is 6.67. The van der Waals surface area contributed by atoms with Crippen molar-refractivity contribution < 1.29 is 4.92 Å². The van der Waals surface area contributed by atoms with Crippen LogP contribution in [0.5, 0.6) is 0 Å². The molecule has 0 amide bonds. The van der Waals surface area contributed by atoms with Crippen molar-refractivity contribution >= 4 is 52.1 Å². The van der Waals surface area contributed by atoms with Gasteiger partial charge in [-0.15, -0.1) is 0 Å². The van der Waals surface area contributed by atoms with Crippen LogP contribution >= 0.6 is 46.4 Å². The first-order chi connectivity index (χ1) is 11.9. The van der Waals surface area contributed by atoms with Gasteiger partial charge in [-0.05, 0) is 30.3 Å². The van der Waals surface area contributed by atoms with Gasteiger partial charge in [0.15, 0.2) is 0 Å². The summed E-state index contributed by atoms with van der Waals surface area (Å²) in [5.74, 6) is 0. The molecule has 0 saturated carbocycles. The standard InChI is InChI=1S/C17H8Cl4N2O2/c18-10-3-1-4-11(19)16(10)9-7-14(22-8-15(9)23(24)25)17-12(20)5-2-6-13(17)21/h1-8H. The van der Waals surface area contributed by atoms with Crippen molar-refractivity contribution in [1.29, 1.82) is 0 Å². The van der Waals surface area contributed by atoms with Crippen molar-refractivity contribution in [1.82, 2.24) is 4.98 Å². The highest BCUT2D eigenvalue weighted by atomic mass is 35.5. The monoisotopic (exact) mass is 412 g/mol. The van der Waals surface area contributed by atoms with Gasteiger partial charge in [0, 0.05) is 11.1 Å². The molecule has 0 bridgehead atoms. The minimum atomic E-state index is -0.542. The Labute approximate surface area is 163 Å². The maximum atomic E-state index is 11.4. The quantitative estimate of drug-likeness (QED) is 0.345. The van der Waals surface area contributed by atoms with Crippen molar-refractivity contribution in [3.63, 3.8) is 0 Å². The van der Waals surface area contributed by atoms with Crippen LogP contribution in [0.1, 0.15) is 0 Å². The zero-order chi connectivity index (χ0) is 18.1. The third kappa shape index (κ3) is 3.44. The Morgan fingerprint density at radius 2 is 1.32 bits per heavy atom. The Balaban J connectivity index is 2.33. The van der Waals surface area contributed by atoms with Gasteiger partial charge in [0.1, 0.15) is 6.20 Å². The molecule has 0 unspecified atom stereocenters. The van der Waals surface area contributed by atoms with Crippen LogP contribution in [0, 0.1) is 10.1 Å². The molecule has 1 heterocycles. The fraction of sp³-hybridized carbons (Fsp3) is 0. The number of hydrogen-bond acceptors (Lipinski definition) is 3. The van der Waals surface area contributed by atoms with Crippen LogP contribution in [0.2, 0.25) is 20.1 Å². The zero-order valence-electron chi connectivity index (χ0n) is 12.3. The molecule has 8 heteroatoms. The molecule has 126 valence electrons. The number of nitrogens with zero attached hydrogens (tertiary/aromatic N) is 2. The van der Waals surface area contributed by atoms with Gasteiger partial charge in [-0.2, -0.15) is 0 Å². The van der Waals surface area contributed by atoms with E-state index in [2.05, 4.69) is 4.98 Å². The van der Waals surface area contributed by atoms with E-state index in [0.29, 0.717) is 26.9 Å². The first kappa shape index (κ1) is 18.0. The summed E-state index contributed by atoms with van der Waals surface area (Å²) in [4.78, 5) is 15.0. The smallest absolute Gasteiger partial charge is 0.258 e. The van der Waals surface area contributed by atoms with Gasteiger partial charge < -0.3 is 0 Å². The van der Waals surface area contributed by atoms with Gasteiger partial charge in [0.2, 0.25) is 0 Å². The summed E-state index contributed by atoms with van der Waals surface area (Å²) in [5, 5.41) is 12.8. The highest BCUT2D eigenvalue weighted by Crippen LogP contribution is 2.42. The maximum Gasteiger partial charge on any atom is 0.295 e. The summed E-state index contributed by atoms with van der Waals surface area (Å²) in [7, 11) is 0. The summed E-state index contributed by atoms with van der Waals surface area (Å²) in [6, 6.07) is 11.4. The molecule has 4 nitrogen and oxygen atoms in total. The Hall–Kier alpha value is -1.85. The van der Waals surface area contributed by atoms with Crippen LogP contribution in [0.25, 0.3) is 22.4 Å². The molecular weight excluding hydrogens is 406 g/mol. The number of halogens is 4. The van der Waals surface area contributed by atoms with E-state index in [9.17, 15) is 10.1 Å². The van der Waals surface area contributed by atoms with E-state index in [1.807, 2.05) is 0 Å². The molecule has 0 N–H and O–H groups in total. The van der Waals surface area contributed by atoms with Crippen LogP contribution in [0.4, 0.5) is 5.69 Å². The summed E-state index contributed by atoms with van der Waals surface area (Å²) in [6.07, 6.45) is 1.14. The van der Waals surface area contributed by atoms with Crippen LogP contribution in [-0.2, 0) is 0 Å². The molecule has 0 fully saturated rings. The number of nitro groups is 1. The van der Waals surface area contributed by atoms with E-state index in [0.717, 1.165) is 6.20 Å². The van der Waals surface area contributed by atoms with Crippen molar-refractivity contribution in [3.8, 4) is 22.4 Å². The van der Waals surface area contributed by atoms with E-state index < -0.39 is 4.92 Å². The van der Waals surface area contributed by atoms with E-state index in [1.165, 1.54) is 6.07 Å². The van der Waals surface area contributed by atoms with Crippen molar-refractivity contribution in [3.05, 3.63) is 78.9 Å². The second kappa shape index (κ2) is 7.18. The Morgan fingerprint density at radius 1 is 0.840 bits per heavy atom. The molecule has 0 spiro atoms. The van der Waals surface area contributed by atoms with Crippen LogP contribution in [0.3, 0.4) is 0 Å². The minimum Gasteiger partial charge on any atom is -0.258 e. The lowest BCUT2D eigenvalue weighted by molar-refractivity contribution is -0.384. The lowest BCUT2D eigenvalue weighted by Crippen LogP contribution is -1.96. The Morgan fingerprint density at radius 3 is 1.80 bits per heavy atom. The summed E-state index contributed by atoms with van der Waals surface area (Å²) < 4.78 is 0. The highest BCUT2D eigenvalue weighted by molar-refractivity contribution is 6.40. The second-order valence-electron chi connectivity index (χ2n) is 5.04. The van der Waals surface area contributed by atoms with Gasteiger partial charge in [0.25, 0.3) is 5.69 Å². The lowest BCUT2D eigenvalue weighted by atomic mass is 10.0. The molecule has 1 aromatic heterocycles. The van der Waals surface area contributed by atoms with E-state index in [4.69, 9.17) is 46.4 Å². The molecule has 0 aliphatic heterocycles. The molecule has 0 aliphatic carbocycles. The van der Waals surface area contributed by atoms with E-state index in [-0.39, 0.29) is 21.3 Å². The topological polar surface area (TPSA) is 56.0 Å². The molecule has 2 aromatic carbocycles. The molecule has 3 aromatic rings. The van der Waals surface area contributed by atoms with E-state index in [1.54, 1.807) is 36.4 Å². The number of rotatable bonds is 3. The molecule has 0 atom stereocenters. The van der Waals surface area contributed by atoms with Gasteiger partial charge >= 0.3 is 0 Å².